The van der Waals surface area contributed by atoms with E-state index >= 15 is 0 Å². The van der Waals surface area contributed by atoms with Crippen molar-refractivity contribution in [2.75, 3.05) is 25.0 Å². The van der Waals surface area contributed by atoms with Crippen LogP contribution in [0.4, 0.5) is 5.69 Å². The third-order valence-electron chi connectivity index (χ3n) is 7.31. The van der Waals surface area contributed by atoms with Gasteiger partial charge in [-0.25, -0.2) is 0 Å². The van der Waals surface area contributed by atoms with Crippen LogP contribution in [0.1, 0.15) is 70.4 Å². The first-order valence-electron chi connectivity index (χ1n) is 12.9. The molecule has 1 aliphatic carbocycles. The summed E-state index contributed by atoms with van der Waals surface area (Å²) in [5, 5.41) is 14.6. The summed E-state index contributed by atoms with van der Waals surface area (Å²) in [6.07, 6.45) is 8.30. The lowest BCUT2D eigenvalue weighted by molar-refractivity contribution is -0.129. The fourth-order valence-electron chi connectivity index (χ4n) is 5.24. The molecule has 4 rings (SSSR count). The van der Waals surface area contributed by atoms with Gasteiger partial charge in [0.05, 0.1) is 12.1 Å². The Labute approximate surface area is 217 Å². The average molecular weight is 505 g/mol. The lowest BCUT2D eigenvalue weighted by Gasteiger charge is -2.27. The van der Waals surface area contributed by atoms with E-state index in [9.17, 15) is 14.4 Å². The van der Waals surface area contributed by atoms with Gasteiger partial charge in [-0.1, -0.05) is 18.9 Å². The Morgan fingerprint density at radius 1 is 1.22 bits per heavy atom. The maximum atomic E-state index is 13.5. The van der Waals surface area contributed by atoms with Crippen molar-refractivity contribution in [3.8, 4) is 0 Å². The van der Waals surface area contributed by atoms with E-state index in [1.165, 1.54) is 6.21 Å². The largest absolute Gasteiger partial charge is 0.382 e. The maximum Gasteiger partial charge on any atom is 0.253 e. The van der Waals surface area contributed by atoms with E-state index in [0.29, 0.717) is 42.2 Å². The summed E-state index contributed by atoms with van der Waals surface area (Å²) in [6, 6.07) is 6.01. The second-order valence-corrected chi connectivity index (χ2v) is 9.90. The number of aryl methyl sites for hydroxylation is 2. The molecule has 0 bridgehead atoms. The molecule has 1 aromatic carbocycles. The molecule has 0 radical (unpaired) electrons. The molecule has 6 N–H and O–H groups in total. The van der Waals surface area contributed by atoms with Crippen molar-refractivity contribution in [3.63, 3.8) is 0 Å². The minimum atomic E-state index is -0.342. The fraction of sp³-hybridized carbons (Fsp3) is 0.429. The molecule has 1 aliphatic heterocycles. The summed E-state index contributed by atoms with van der Waals surface area (Å²) in [4.78, 5) is 42.4. The number of amides is 2. The lowest BCUT2D eigenvalue weighted by Crippen LogP contribution is -2.38. The van der Waals surface area contributed by atoms with Crippen molar-refractivity contribution in [3.05, 3.63) is 68.1 Å². The molecule has 0 spiro atoms. The SMILES string of the molecule is Cc1cc(C)c(CNC(=O)c2cc(C3=CCN(C(=O)CN)CC3)cc(NC3CCCC3)c2C=N)c(=O)[nH]1. The van der Waals surface area contributed by atoms with Gasteiger partial charge in [-0.2, -0.15) is 0 Å². The molecule has 0 unspecified atom stereocenters. The molecule has 1 fully saturated rings. The molecule has 1 saturated carbocycles. The summed E-state index contributed by atoms with van der Waals surface area (Å²) in [5.41, 5.74) is 11.0. The standard InChI is InChI=1S/C28H36N6O3/c1-17-11-18(2)32-28(37)24(17)16-31-27(36)22-12-20(19-7-9-34(10-8-19)26(35)15-30)13-25(23(22)14-29)33-21-5-3-4-6-21/h7,11-14,21,29,33H,3-6,8-10,15-16,30H2,1-2H3,(H,31,36)(H,32,37). The second-order valence-electron chi connectivity index (χ2n) is 9.90. The predicted octanol–water partition coefficient (Wildman–Crippen LogP) is 2.85. The summed E-state index contributed by atoms with van der Waals surface area (Å²) >= 11 is 0. The topological polar surface area (TPSA) is 144 Å². The second kappa shape index (κ2) is 11.6. The number of H-pyrrole nitrogens is 1. The number of nitrogens with two attached hydrogens (primary N) is 1. The van der Waals surface area contributed by atoms with Crippen LogP contribution in [0.15, 0.2) is 29.1 Å². The maximum absolute atomic E-state index is 13.5. The van der Waals surface area contributed by atoms with Gasteiger partial charge in [0.25, 0.3) is 11.5 Å². The summed E-state index contributed by atoms with van der Waals surface area (Å²) in [6.45, 7) is 4.79. The van der Waals surface area contributed by atoms with Crippen LogP contribution >= 0.6 is 0 Å². The van der Waals surface area contributed by atoms with Crippen LogP contribution in [0.2, 0.25) is 0 Å². The molecule has 0 saturated heterocycles. The number of nitrogens with one attached hydrogen (secondary N) is 4. The molecule has 2 heterocycles. The number of nitrogens with zero attached hydrogens (tertiary/aromatic N) is 1. The van der Waals surface area contributed by atoms with Gasteiger partial charge in [-0.3, -0.25) is 14.4 Å². The van der Waals surface area contributed by atoms with Gasteiger partial charge in [-0.15, -0.1) is 0 Å². The minimum Gasteiger partial charge on any atom is -0.382 e. The molecule has 0 atom stereocenters. The Morgan fingerprint density at radius 3 is 2.59 bits per heavy atom. The average Bonchev–Trinajstić information content (AvgIpc) is 3.40. The van der Waals surface area contributed by atoms with Gasteiger partial charge in [0, 0.05) is 54.4 Å². The van der Waals surface area contributed by atoms with Gasteiger partial charge in [-0.05, 0) is 68.0 Å². The molecule has 2 aliphatic rings. The first-order chi connectivity index (χ1) is 17.8. The fourth-order valence-corrected chi connectivity index (χ4v) is 5.24. The van der Waals surface area contributed by atoms with Crippen molar-refractivity contribution in [2.45, 2.75) is 58.5 Å². The molecular formula is C28H36N6O3. The Hall–Kier alpha value is -3.72. The number of rotatable bonds is 8. The Kier molecular flexibility index (Phi) is 8.23. The molecule has 37 heavy (non-hydrogen) atoms. The minimum absolute atomic E-state index is 0.0136. The van der Waals surface area contributed by atoms with Crippen LogP contribution in [0, 0.1) is 19.3 Å². The van der Waals surface area contributed by atoms with Crippen LogP contribution in [0.5, 0.6) is 0 Å². The number of pyridine rings is 1. The number of hydrogen-bond acceptors (Lipinski definition) is 6. The lowest BCUT2D eigenvalue weighted by atomic mass is 9.93. The van der Waals surface area contributed by atoms with Crippen LogP contribution < -0.4 is 21.9 Å². The van der Waals surface area contributed by atoms with Crippen LogP contribution in [0.25, 0.3) is 5.57 Å². The first kappa shape index (κ1) is 26.3. The van der Waals surface area contributed by atoms with E-state index in [0.717, 1.165) is 53.8 Å². The van der Waals surface area contributed by atoms with Crippen molar-refractivity contribution in [1.29, 1.82) is 5.41 Å². The van der Waals surface area contributed by atoms with E-state index < -0.39 is 0 Å². The molecule has 1 aromatic heterocycles. The first-order valence-corrected chi connectivity index (χ1v) is 12.9. The number of aromatic amines is 1. The van der Waals surface area contributed by atoms with Crippen LogP contribution in [-0.4, -0.2) is 53.6 Å². The molecule has 2 aromatic rings. The van der Waals surface area contributed by atoms with Gasteiger partial charge in [0.15, 0.2) is 0 Å². The van der Waals surface area contributed by atoms with Crippen molar-refractivity contribution in [2.24, 2.45) is 5.73 Å². The zero-order chi connectivity index (χ0) is 26.5. The van der Waals surface area contributed by atoms with E-state index in [1.807, 2.05) is 38.1 Å². The number of carbonyl (C=O) groups is 2. The van der Waals surface area contributed by atoms with Gasteiger partial charge in [0.1, 0.15) is 0 Å². The van der Waals surface area contributed by atoms with E-state index in [1.54, 1.807) is 4.90 Å². The number of aromatic nitrogens is 1. The smallest absolute Gasteiger partial charge is 0.253 e. The van der Waals surface area contributed by atoms with Gasteiger partial charge >= 0.3 is 0 Å². The number of benzene rings is 1. The van der Waals surface area contributed by atoms with Gasteiger partial charge < -0.3 is 31.7 Å². The quantitative estimate of drug-likeness (QED) is 0.351. The highest BCUT2D eigenvalue weighted by molar-refractivity contribution is 6.06. The third kappa shape index (κ3) is 5.99. The molecule has 2 amide bonds. The van der Waals surface area contributed by atoms with Crippen molar-refractivity contribution in [1.82, 2.24) is 15.2 Å². The normalized spacial score (nSPS) is 15.9. The highest BCUT2D eigenvalue weighted by Gasteiger charge is 2.23. The van der Waals surface area contributed by atoms with Crippen molar-refractivity contribution < 1.29 is 9.59 Å². The number of carbonyl (C=O) groups excluding carboxylic acids is 2. The Morgan fingerprint density at radius 2 is 1.97 bits per heavy atom. The predicted molar refractivity (Wildman–Crippen MR) is 146 cm³/mol. The zero-order valence-corrected chi connectivity index (χ0v) is 21.6. The Balaban J connectivity index is 1.66. The van der Waals surface area contributed by atoms with Gasteiger partial charge in [0.2, 0.25) is 5.91 Å². The number of anilines is 1. The Bertz CT molecular complexity index is 1290. The summed E-state index contributed by atoms with van der Waals surface area (Å²) in [5.74, 6) is -0.426. The summed E-state index contributed by atoms with van der Waals surface area (Å²) in [7, 11) is 0. The monoisotopic (exact) mass is 504 g/mol. The number of hydrogen-bond donors (Lipinski definition) is 5. The zero-order valence-electron chi connectivity index (χ0n) is 21.6. The van der Waals surface area contributed by atoms with Crippen molar-refractivity contribution >= 4 is 29.3 Å². The van der Waals surface area contributed by atoms with E-state index in [4.69, 9.17) is 11.1 Å². The highest BCUT2D eigenvalue weighted by Crippen LogP contribution is 2.31. The third-order valence-corrected chi connectivity index (χ3v) is 7.31. The molecular weight excluding hydrogens is 468 g/mol. The van der Waals surface area contributed by atoms with Crippen LogP contribution in [0.3, 0.4) is 0 Å². The molecule has 9 heteroatoms. The van der Waals surface area contributed by atoms with E-state index in [2.05, 4.69) is 15.6 Å². The highest BCUT2D eigenvalue weighted by atomic mass is 16.2. The summed E-state index contributed by atoms with van der Waals surface area (Å²) < 4.78 is 0. The molecule has 196 valence electrons. The molecule has 9 nitrogen and oxygen atoms in total. The van der Waals surface area contributed by atoms with E-state index in [-0.39, 0.29) is 30.5 Å². The van der Waals surface area contributed by atoms with Crippen LogP contribution in [-0.2, 0) is 11.3 Å².